The van der Waals surface area contributed by atoms with Gasteiger partial charge in [0.2, 0.25) is 12.7 Å². The zero-order valence-electron chi connectivity index (χ0n) is 13.6. The molecule has 23 heavy (non-hydrogen) atoms. The number of benzene rings is 1. The molecule has 0 bridgehead atoms. The zero-order valence-corrected chi connectivity index (χ0v) is 13.6. The fraction of sp³-hybridized carbons (Fsp3) is 0.316. The molecule has 0 atom stereocenters. The second kappa shape index (κ2) is 8.83. The third kappa shape index (κ3) is 6.02. The predicted octanol–water partition coefficient (Wildman–Crippen LogP) is 3.85. The predicted molar refractivity (Wildman–Crippen MR) is 92.4 cm³/mol. The van der Waals surface area contributed by atoms with Crippen LogP contribution in [0.3, 0.4) is 0 Å². The average Bonchev–Trinajstić information content (AvgIpc) is 2.96. The Morgan fingerprint density at radius 3 is 2.78 bits per heavy atom. The number of amides is 1. The highest BCUT2D eigenvalue weighted by molar-refractivity contribution is 5.87. The van der Waals surface area contributed by atoms with Crippen molar-refractivity contribution in [1.29, 1.82) is 0 Å². The molecule has 1 aromatic carbocycles. The minimum atomic E-state index is -0.0626. The van der Waals surface area contributed by atoms with Gasteiger partial charge in [-0.3, -0.25) is 4.79 Å². The van der Waals surface area contributed by atoms with Crippen LogP contribution in [0.4, 0.5) is 0 Å². The van der Waals surface area contributed by atoms with E-state index >= 15 is 0 Å². The highest BCUT2D eigenvalue weighted by Gasteiger charge is 2.11. The summed E-state index contributed by atoms with van der Waals surface area (Å²) in [6.07, 6.45) is 13.3. The quantitative estimate of drug-likeness (QED) is 0.472. The molecule has 0 aromatic heterocycles. The molecule has 2 rings (SSSR count). The Bertz CT molecular complexity index is 615. The number of unbranched alkanes of at least 4 members (excludes halogenated alkanes) is 1. The number of hydrogen-bond donors (Lipinski definition) is 1. The van der Waals surface area contributed by atoms with Crippen LogP contribution in [0.25, 0.3) is 6.08 Å². The summed E-state index contributed by atoms with van der Waals surface area (Å²) in [5.74, 6) is 1.54. The van der Waals surface area contributed by atoms with Gasteiger partial charge in [0.25, 0.3) is 0 Å². The molecule has 1 aromatic rings. The molecule has 1 heterocycles. The molecule has 4 nitrogen and oxygen atoms in total. The first-order valence-electron chi connectivity index (χ1n) is 7.85. The molecular weight excluding hydrogens is 290 g/mol. The second-order valence-electron chi connectivity index (χ2n) is 5.54. The van der Waals surface area contributed by atoms with Crippen LogP contribution in [0.1, 0.15) is 32.3 Å². The van der Waals surface area contributed by atoms with Crippen LogP contribution in [0.2, 0.25) is 0 Å². The first-order chi connectivity index (χ1) is 11.1. The molecule has 4 heteroatoms. The molecule has 0 spiro atoms. The summed E-state index contributed by atoms with van der Waals surface area (Å²) in [4.78, 5) is 11.4. The average molecular weight is 313 g/mol. The Morgan fingerprint density at radius 1 is 1.17 bits per heavy atom. The summed E-state index contributed by atoms with van der Waals surface area (Å²) in [7, 11) is 0. The Morgan fingerprint density at radius 2 is 1.96 bits per heavy atom. The normalized spacial score (nSPS) is 13.7. The molecule has 122 valence electrons. The summed E-state index contributed by atoms with van der Waals surface area (Å²) in [6.45, 7) is 4.18. The molecule has 0 aliphatic carbocycles. The molecule has 0 fully saturated rings. The van der Waals surface area contributed by atoms with E-state index in [-0.39, 0.29) is 11.9 Å². The fourth-order valence-electron chi connectivity index (χ4n) is 2.08. The smallest absolute Gasteiger partial charge is 0.244 e. The van der Waals surface area contributed by atoms with Crippen LogP contribution in [-0.2, 0) is 4.79 Å². The molecular formula is C19H23NO3. The maximum absolute atomic E-state index is 11.4. The summed E-state index contributed by atoms with van der Waals surface area (Å²) in [5.41, 5.74) is 1.10. The Labute approximate surface area is 137 Å². The van der Waals surface area contributed by atoms with Crippen LogP contribution in [0.15, 0.2) is 48.6 Å². The van der Waals surface area contributed by atoms with E-state index in [1.165, 1.54) is 0 Å². The lowest BCUT2D eigenvalue weighted by Gasteiger charge is -2.03. The largest absolute Gasteiger partial charge is 0.454 e. The van der Waals surface area contributed by atoms with E-state index in [0.29, 0.717) is 6.79 Å². The first-order valence-corrected chi connectivity index (χ1v) is 7.85. The minimum absolute atomic E-state index is 0.0626. The van der Waals surface area contributed by atoms with E-state index in [4.69, 9.17) is 9.47 Å². The molecule has 1 amide bonds. The number of ether oxygens (including phenoxy) is 2. The van der Waals surface area contributed by atoms with Gasteiger partial charge >= 0.3 is 0 Å². The molecule has 0 radical (unpaired) electrons. The van der Waals surface area contributed by atoms with Crippen LogP contribution >= 0.6 is 0 Å². The van der Waals surface area contributed by atoms with Crippen LogP contribution in [0, 0.1) is 0 Å². The van der Waals surface area contributed by atoms with Crippen molar-refractivity contribution in [3.05, 3.63) is 54.1 Å². The fourth-order valence-corrected chi connectivity index (χ4v) is 2.08. The SMILES string of the molecule is CC(C)NC(=O)/C=C/C=C/CC/C=C/c1ccc2c(c1)OCO2. The van der Waals surface area contributed by atoms with E-state index in [1.807, 2.05) is 44.2 Å². The maximum atomic E-state index is 11.4. The molecule has 1 aliphatic heterocycles. The molecule has 1 aliphatic rings. The summed E-state index contributed by atoms with van der Waals surface area (Å²) >= 11 is 0. The Balaban J connectivity index is 1.68. The minimum Gasteiger partial charge on any atom is -0.454 e. The van der Waals surface area contributed by atoms with Crippen LogP contribution in [0.5, 0.6) is 11.5 Å². The van der Waals surface area contributed by atoms with Gasteiger partial charge in [-0.25, -0.2) is 0 Å². The molecule has 1 N–H and O–H groups in total. The van der Waals surface area contributed by atoms with Gasteiger partial charge in [-0.1, -0.05) is 36.4 Å². The number of nitrogens with one attached hydrogen (secondary N) is 1. The standard InChI is InChI=1S/C19H23NO3/c1-15(2)20-19(21)10-8-6-4-3-5-7-9-16-11-12-17-18(13-16)23-14-22-17/h4,6-13,15H,3,5,14H2,1-2H3,(H,20,21)/b6-4+,9-7+,10-8+. The van der Waals surface area contributed by atoms with Crippen molar-refractivity contribution in [1.82, 2.24) is 5.32 Å². The summed E-state index contributed by atoms with van der Waals surface area (Å²) in [6, 6.07) is 6.08. The topological polar surface area (TPSA) is 47.6 Å². The summed E-state index contributed by atoms with van der Waals surface area (Å²) < 4.78 is 10.6. The summed E-state index contributed by atoms with van der Waals surface area (Å²) in [5, 5.41) is 2.80. The van der Waals surface area contributed by atoms with Crippen molar-refractivity contribution in [3.63, 3.8) is 0 Å². The molecule has 0 unspecified atom stereocenters. The van der Waals surface area contributed by atoms with Gasteiger partial charge in [0.05, 0.1) is 0 Å². The van der Waals surface area contributed by atoms with Crippen LogP contribution in [-0.4, -0.2) is 18.7 Å². The van der Waals surface area contributed by atoms with E-state index < -0.39 is 0 Å². The van der Waals surface area contributed by atoms with Crippen molar-refractivity contribution in [3.8, 4) is 11.5 Å². The van der Waals surface area contributed by atoms with E-state index in [0.717, 1.165) is 29.9 Å². The number of allylic oxidation sites excluding steroid dienone is 4. The first kappa shape index (κ1) is 16.9. The third-order valence-electron chi connectivity index (χ3n) is 3.13. The number of hydrogen-bond acceptors (Lipinski definition) is 3. The van der Waals surface area contributed by atoms with Crippen molar-refractivity contribution in [2.24, 2.45) is 0 Å². The van der Waals surface area contributed by atoms with E-state index in [9.17, 15) is 4.79 Å². The van der Waals surface area contributed by atoms with Crippen molar-refractivity contribution >= 4 is 12.0 Å². The molecule has 0 saturated carbocycles. The van der Waals surface area contributed by atoms with E-state index in [2.05, 4.69) is 17.5 Å². The van der Waals surface area contributed by atoms with Crippen molar-refractivity contribution in [2.75, 3.05) is 6.79 Å². The monoisotopic (exact) mass is 313 g/mol. The Kier molecular flexibility index (Phi) is 6.48. The Hall–Kier alpha value is -2.49. The maximum Gasteiger partial charge on any atom is 0.244 e. The van der Waals surface area contributed by atoms with Gasteiger partial charge in [-0.2, -0.15) is 0 Å². The highest BCUT2D eigenvalue weighted by Crippen LogP contribution is 2.32. The third-order valence-corrected chi connectivity index (χ3v) is 3.13. The lowest BCUT2D eigenvalue weighted by molar-refractivity contribution is -0.116. The van der Waals surface area contributed by atoms with Gasteiger partial charge in [0, 0.05) is 12.1 Å². The van der Waals surface area contributed by atoms with Gasteiger partial charge in [0.1, 0.15) is 0 Å². The zero-order chi connectivity index (χ0) is 16.5. The highest BCUT2D eigenvalue weighted by atomic mass is 16.7. The number of carbonyl (C=O) groups is 1. The van der Waals surface area contributed by atoms with Crippen molar-refractivity contribution < 1.29 is 14.3 Å². The van der Waals surface area contributed by atoms with Crippen LogP contribution < -0.4 is 14.8 Å². The van der Waals surface area contributed by atoms with Gasteiger partial charge < -0.3 is 14.8 Å². The second-order valence-corrected chi connectivity index (χ2v) is 5.54. The van der Waals surface area contributed by atoms with Gasteiger partial charge in [-0.15, -0.1) is 0 Å². The number of fused-ring (bicyclic) bond motifs is 1. The van der Waals surface area contributed by atoms with E-state index in [1.54, 1.807) is 12.2 Å². The lowest BCUT2D eigenvalue weighted by atomic mass is 10.1. The number of carbonyl (C=O) groups excluding carboxylic acids is 1. The number of rotatable bonds is 7. The lowest BCUT2D eigenvalue weighted by Crippen LogP contribution is -2.28. The van der Waals surface area contributed by atoms with Gasteiger partial charge in [0.15, 0.2) is 11.5 Å². The van der Waals surface area contributed by atoms with Crippen molar-refractivity contribution in [2.45, 2.75) is 32.7 Å². The molecule has 0 saturated heterocycles. The van der Waals surface area contributed by atoms with Gasteiger partial charge in [-0.05, 0) is 44.4 Å².